The minimum Gasteiger partial charge on any atom is -0.494 e. The van der Waals surface area contributed by atoms with Gasteiger partial charge >= 0.3 is 0 Å². The molecule has 1 atom stereocenters. The second kappa shape index (κ2) is 8.82. The van der Waals surface area contributed by atoms with Crippen molar-refractivity contribution in [3.05, 3.63) is 64.5 Å². The number of nitro groups is 1. The summed E-state index contributed by atoms with van der Waals surface area (Å²) < 4.78 is 22.8. The molecule has 2 heterocycles. The number of thioether (sulfide) groups is 1. The van der Waals surface area contributed by atoms with Crippen molar-refractivity contribution in [3.8, 4) is 17.2 Å². The molecule has 0 saturated carbocycles. The standard InChI is InChI=1S/C19H17N3O6S/c23-22(24)13-6-8-14(9-7-13)25-10-3-11-29-19-21-20-18(28-19)17-12-26-15-4-1-2-5-16(15)27-17/h1-2,4-9,17H,3,10-12H2. The Balaban J connectivity index is 1.21. The summed E-state index contributed by atoms with van der Waals surface area (Å²) in [6, 6.07) is 13.4. The van der Waals surface area contributed by atoms with Crippen molar-refractivity contribution in [2.75, 3.05) is 19.0 Å². The highest BCUT2D eigenvalue weighted by molar-refractivity contribution is 7.99. The number of aromatic nitrogens is 2. The van der Waals surface area contributed by atoms with Crippen molar-refractivity contribution in [2.45, 2.75) is 17.7 Å². The van der Waals surface area contributed by atoms with Crippen LogP contribution in [-0.4, -0.2) is 34.1 Å². The van der Waals surface area contributed by atoms with E-state index >= 15 is 0 Å². The van der Waals surface area contributed by atoms with Crippen LogP contribution in [-0.2, 0) is 0 Å². The number of ether oxygens (including phenoxy) is 3. The van der Waals surface area contributed by atoms with Crippen LogP contribution < -0.4 is 14.2 Å². The van der Waals surface area contributed by atoms with Gasteiger partial charge in [-0.25, -0.2) is 0 Å². The smallest absolute Gasteiger partial charge is 0.276 e. The summed E-state index contributed by atoms with van der Waals surface area (Å²) >= 11 is 1.43. The van der Waals surface area contributed by atoms with E-state index in [1.54, 1.807) is 12.1 Å². The summed E-state index contributed by atoms with van der Waals surface area (Å²) in [5.41, 5.74) is 0.0379. The minimum absolute atomic E-state index is 0.0379. The van der Waals surface area contributed by atoms with Gasteiger partial charge in [0.05, 0.1) is 11.5 Å². The first kappa shape index (κ1) is 19.1. The van der Waals surface area contributed by atoms with Gasteiger partial charge in [0, 0.05) is 17.9 Å². The number of rotatable bonds is 8. The predicted molar refractivity (Wildman–Crippen MR) is 104 cm³/mol. The molecule has 1 aliphatic heterocycles. The van der Waals surface area contributed by atoms with Crippen LogP contribution in [0, 0.1) is 10.1 Å². The molecule has 1 unspecified atom stereocenters. The summed E-state index contributed by atoms with van der Waals surface area (Å²) in [5, 5.41) is 19.2. The fraction of sp³-hybridized carbons (Fsp3) is 0.263. The highest BCUT2D eigenvalue weighted by Gasteiger charge is 2.27. The maximum Gasteiger partial charge on any atom is 0.276 e. The highest BCUT2D eigenvalue weighted by Crippen LogP contribution is 2.35. The zero-order chi connectivity index (χ0) is 20.1. The third-order valence-corrected chi connectivity index (χ3v) is 4.94. The van der Waals surface area contributed by atoms with E-state index in [0.717, 1.165) is 12.2 Å². The van der Waals surface area contributed by atoms with Crippen LogP contribution in [0.5, 0.6) is 17.2 Å². The number of hydrogen-bond acceptors (Lipinski definition) is 9. The molecule has 0 amide bonds. The normalized spacial score (nSPS) is 15.1. The molecule has 29 heavy (non-hydrogen) atoms. The molecule has 1 aromatic heterocycles. The molecule has 0 saturated heterocycles. The van der Waals surface area contributed by atoms with E-state index in [4.69, 9.17) is 18.6 Å². The summed E-state index contributed by atoms with van der Waals surface area (Å²) in [6.45, 7) is 0.786. The average Bonchev–Trinajstić information content (AvgIpc) is 3.22. The molecule has 0 aliphatic carbocycles. The van der Waals surface area contributed by atoms with Crippen molar-refractivity contribution in [3.63, 3.8) is 0 Å². The number of para-hydroxylation sites is 2. The van der Waals surface area contributed by atoms with Crippen molar-refractivity contribution in [1.29, 1.82) is 0 Å². The Hall–Kier alpha value is -3.27. The number of hydrogen-bond donors (Lipinski definition) is 0. The van der Waals surface area contributed by atoms with Crippen LogP contribution in [0.4, 0.5) is 5.69 Å². The highest BCUT2D eigenvalue weighted by atomic mass is 32.2. The Morgan fingerprint density at radius 1 is 1.14 bits per heavy atom. The second-order valence-electron chi connectivity index (χ2n) is 6.07. The molecule has 3 aromatic rings. The molecule has 0 spiro atoms. The summed E-state index contributed by atoms with van der Waals surface area (Å²) in [4.78, 5) is 10.2. The van der Waals surface area contributed by atoms with Crippen LogP contribution in [0.1, 0.15) is 18.4 Å². The first-order valence-corrected chi connectivity index (χ1v) is 9.89. The van der Waals surface area contributed by atoms with Crippen LogP contribution in [0.25, 0.3) is 0 Å². The van der Waals surface area contributed by atoms with Gasteiger partial charge in [-0.05, 0) is 30.7 Å². The van der Waals surface area contributed by atoms with Gasteiger partial charge < -0.3 is 18.6 Å². The average molecular weight is 415 g/mol. The minimum atomic E-state index is -0.442. The Bertz CT molecular complexity index is 978. The van der Waals surface area contributed by atoms with Gasteiger partial charge in [-0.3, -0.25) is 10.1 Å². The lowest BCUT2D eigenvalue weighted by atomic mass is 10.2. The Labute approximate surface area is 170 Å². The van der Waals surface area contributed by atoms with Gasteiger partial charge in [0.2, 0.25) is 6.10 Å². The zero-order valence-corrected chi connectivity index (χ0v) is 16.0. The van der Waals surface area contributed by atoms with E-state index in [9.17, 15) is 10.1 Å². The van der Waals surface area contributed by atoms with Crippen molar-refractivity contribution in [1.82, 2.24) is 10.2 Å². The third-order valence-electron chi connectivity index (χ3n) is 4.04. The van der Waals surface area contributed by atoms with Gasteiger partial charge in [-0.15, -0.1) is 10.2 Å². The van der Waals surface area contributed by atoms with E-state index < -0.39 is 11.0 Å². The van der Waals surface area contributed by atoms with Crippen molar-refractivity contribution < 1.29 is 23.6 Å². The van der Waals surface area contributed by atoms with E-state index in [0.29, 0.717) is 41.6 Å². The first-order valence-electron chi connectivity index (χ1n) is 8.91. The Kier molecular flexibility index (Phi) is 5.80. The summed E-state index contributed by atoms with van der Waals surface area (Å²) in [6.07, 6.45) is 0.313. The number of benzene rings is 2. The number of nitro benzene ring substituents is 1. The van der Waals surface area contributed by atoms with Crippen LogP contribution >= 0.6 is 11.8 Å². The van der Waals surface area contributed by atoms with E-state index in [1.165, 1.54) is 23.9 Å². The summed E-state index contributed by atoms with van der Waals surface area (Å²) in [7, 11) is 0. The second-order valence-corrected chi connectivity index (χ2v) is 7.12. The van der Waals surface area contributed by atoms with Gasteiger partial charge in [0.15, 0.2) is 11.5 Å². The van der Waals surface area contributed by atoms with E-state index in [2.05, 4.69) is 10.2 Å². The SMILES string of the molecule is O=[N+]([O-])c1ccc(OCCCSc2nnc(C3COc4ccccc4O3)o2)cc1. The van der Waals surface area contributed by atoms with Crippen LogP contribution in [0.2, 0.25) is 0 Å². The van der Waals surface area contributed by atoms with Gasteiger partial charge in [0.25, 0.3) is 16.8 Å². The lowest BCUT2D eigenvalue weighted by Crippen LogP contribution is -2.21. The maximum absolute atomic E-state index is 10.6. The van der Waals surface area contributed by atoms with Gasteiger partial charge in [-0.2, -0.15) is 0 Å². The molecule has 1 aliphatic rings. The molecule has 150 valence electrons. The zero-order valence-electron chi connectivity index (χ0n) is 15.2. The molecule has 0 bridgehead atoms. The van der Waals surface area contributed by atoms with Crippen LogP contribution in [0.15, 0.2) is 58.2 Å². The summed E-state index contributed by atoms with van der Waals surface area (Å²) in [5.74, 6) is 3.05. The predicted octanol–water partition coefficient (Wildman–Crippen LogP) is 4.05. The van der Waals surface area contributed by atoms with Crippen molar-refractivity contribution >= 4 is 17.4 Å². The first-order chi connectivity index (χ1) is 14.2. The molecule has 0 N–H and O–H groups in total. The molecule has 2 aromatic carbocycles. The quantitative estimate of drug-likeness (QED) is 0.233. The molecule has 0 radical (unpaired) electrons. The number of non-ortho nitro benzene ring substituents is 1. The maximum atomic E-state index is 10.6. The van der Waals surface area contributed by atoms with Gasteiger partial charge in [0.1, 0.15) is 12.4 Å². The molecule has 9 nitrogen and oxygen atoms in total. The Morgan fingerprint density at radius 2 is 1.93 bits per heavy atom. The van der Waals surface area contributed by atoms with E-state index in [1.807, 2.05) is 24.3 Å². The lowest BCUT2D eigenvalue weighted by Gasteiger charge is -2.23. The van der Waals surface area contributed by atoms with Crippen molar-refractivity contribution in [2.24, 2.45) is 0 Å². The fourth-order valence-corrected chi connectivity index (χ4v) is 3.30. The van der Waals surface area contributed by atoms with Gasteiger partial charge in [-0.1, -0.05) is 23.9 Å². The molecular weight excluding hydrogens is 398 g/mol. The Morgan fingerprint density at radius 3 is 2.72 bits per heavy atom. The van der Waals surface area contributed by atoms with Crippen LogP contribution in [0.3, 0.4) is 0 Å². The molecule has 10 heteroatoms. The molecule has 4 rings (SSSR count). The molecular formula is C19H17N3O6S. The molecule has 0 fully saturated rings. The fourth-order valence-electron chi connectivity index (χ4n) is 2.62. The topological polar surface area (TPSA) is 110 Å². The monoisotopic (exact) mass is 415 g/mol. The number of nitrogens with zero attached hydrogens (tertiary/aromatic N) is 3. The number of fused-ring (bicyclic) bond motifs is 1. The lowest BCUT2D eigenvalue weighted by molar-refractivity contribution is -0.384. The largest absolute Gasteiger partial charge is 0.494 e. The third kappa shape index (κ3) is 4.77. The van der Waals surface area contributed by atoms with E-state index in [-0.39, 0.29) is 5.69 Å².